The highest BCUT2D eigenvalue weighted by molar-refractivity contribution is 5.67. The van der Waals surface area contributed by atoms with E-state index in [1.165, 1.54) is 0 Å². The van der Waals surface area contributed by atoms with Gasteiger partial charge in [-0.2, -0.15) is 0 Å². The fourth-order valence-electron chi connectivity index (χ4n) is 2.57. The van der Waals surface area contributed by atoms with Gasteiger partial charge in [0.2, 0.25) is 0 Å². The summed E-state index contributed by atoms with van der Waals surface area (Å²) < 4.78 is 0.171. The summed E-state index contributed by atoms with van der Waals surface area (Å²) in [5.74, 6) is -3.15. The molecule has 0 saturated heterocycles. The normalized spacial score (nSPS) is 11.7. The first-order valence-corrected chi connectivity index (χ1v) is 8.45. The first kappa shape index (κ1) is 22.1. The van der Waals surface area contributed by atoms with E-state index in [-0.39, 0.29) is 43.4 Å². The summed E-state index contributed by atoms with van der Waals surface area (Å²) in [5.41, 5.74) is 0. The van der Waals surface area contributed by atoms with E-state index in [1.54, 1.807) is 0 Å². The van der Waals surface area contributed by atoms with Crippen LogP contribution in [-0.2, 0) is 14.4 Å². The zero-order chi connectivity index (χ0) is 18.4. The summed E-state index contributed by atoms with van der Waals surface area (Å²) in [7, 11) is 0. The fourth-order valence-corrected chi connectivity index (χ4v) is 2.57. The topological polar surface area (TPSA) is 115 Å². The lowest BCUT2D eigenvalue weighted by atomic mass is 10.1. The number of nitrogens with zero attached hydrogens (tertiary/aromatic N) is 1. The smallest absolute Gasteiger partial charge is 0.309 e. The molecule has 0 bridgehead atoms. The number of quaternary nitrogens is 1. The minimum atomic E-state index is -1.21. The molecule has 0 aliphatic rings. The van der Waals surface area contributed by atoms with Crippen molar-refractivity contribution in [3.63, 3.8) is 0 Å². The van der Waals surface area contributed by atoms with Crippen molar-refractivity contribution >= 4 is 17.9 Å². The van der Waals surface area contributed by atoms with Crippen LogP contribution in [0.5, 0.6) is 0 Å². The van der Waals surface area contributed by atoms with Gasteiger partial charge in [0.05, 0.1) is 39.0 Å². The Balaban J connectivity index is 4.90. The molecule has 0 rings (SSSR count). The molecule has 0 spiro atoms. The van der Waals surface area contributed by atoms with Gasteiger partial charge in [0, 0.05) is 18.8 Å². The summed E-state index contributed by atoms with van der Waals surface area (Å²) in [5, 5.41) is 28.7. The van der Waals surface area contributed by atoms with E-state index < -0.39 is 17.9 Å². The highest BCUT2D eigenvalue weighted by Crippen LogP contribution is 2.14. The lowest BCUT2D eigenvalue weighted by Gasteiger charge is -2.38. The maximum atomic E-state index is 10.9. The second-order valence-corrected chi connectivity index (χ2v) is 6.05. The van der Waals surface area contributed by atoms with E-state index in [1.807, 2.05) is 6.08 Å². The van der Waals surface area contributed by atoms with Crippen LogP contribution in [-0.4, -0.2) is 58.8 Å². The molecule has 0 aromatic rings. The van der Waals surface area contributed by atoms with Crippen molar-refractivity contribution in [1.29, 1.82) is 0 Å². The van der Waals surface area contributed by atoms with Crippen LogP contribution in [0.2, 0.25) is 0 Å². The van der Waals surface area contributed by atoms with Gasteiger partial charge in [-0.3, -0.25) is 9.59 Å². The summed E-state index contributed by atoms with van der Waals surface area (Å²) in [6.45, 7) is 3.26. The van der Waals surface area contributed by atoms with Crippen LogP contribution >= 0.6 is 0 Å². The number of hydrogen-bond donors (Lipinski definition) is 2. The van der Waals surface area contributed by atoms with Crippen LogP contribution in [0.3, 0.4) is 0 Å². The molecule has 0 aliphatic carbocycles. The predicted octanol–water partition coefficient (Wildman–Crippen LogP) is 1.03. The van der Waals surface area contributed by atoms with Crippen molar-refractivity contribution in [2.45, 2.75) is 51.9 Å². The second kappa shape index (κ2) is 12.5. The highest BCUT2D eigenvalue weighted by Gasteiger charge is 2.28. The van der Waals surface area contributed by atoms with E-state index in [9.17, 15) is 19.5 Å². The zero-order valence-electron chi connectivity index (χ0n) is 14.4. The number of carbonyl (C=O) groups excluding carboxylic acids is 1. The van der Waals surface area contributed by atoms with Crippen LogP contribution in [0.25, 0.3) is 0 Å². The number of rotatable bonds is 15. The molecule has 0 saturated carbocycles. The van der Waals surface area contributed by atoms with Crippen molar-refractivity contribution in [1.82, 2.24) is 0 Å². The fraction of sp³-hybridized carbons (Fsp3) is 0.706. The molecular weight excluding hydrogens is 314 g/mol. The molecular formula is C17H29NO6. The first-order chi connectivity index (χ1) is 11.3. The van der Waals surface area contributed by atoms with Gasteiger partial charge in [-0.1, -0.05) is 31.9 Å². The number of carbonyl (C=O) groups is 3. The number of unbranched alkanes of at least 4 members (excludes halogenated alkanes) is 2. The molecule has 0 heterocycles. The summed E-state index contributed by atoms with van der Waals surface area (Å²) in [6, 6.07) is 0. The molecule has 7 nitrogen and oxygen atoms in total. The molecule has 0 fully saturated rings. The minimum absolute atomic E-state index is 0.119. The Labute approximate surface area is 143 Å². The van der Waals surface area contributed by atoms with Crippen molar-refractivity contribution in [3.8, 4) is 0 Å². The third-order valence-electron chi connectivity index (χ3n) is 4.05. The molecule has 0 aliphatic heterocycles. The lowest BCUT2D eigenvalue weighted by Crippen LogP contribution is -2.52. The number of aliphatic carboxylic acids is 3. The third-order valence-corrected chi connectivity index (χ3v) is 4.05. The van der Waals surface area contributed by atoms with Crippen molar-refractivity contribution in [2.24, 2.45) is 0 Å². The molecule has 0 aromatic carbocycles. The first-order valence-electron chi connectivity index (χ1n) is 8.45. The van der Waals surface area contributed by atoms with Gasteiger partial charge in [0.1, 0.15) is 0 Å². The standard InChI is InChI=1S/C17H29NO6/c1-2-3-4-5-6-7-11-18(12-8-15(19)20,13-9-16(21)22)14-10-17(23)24/h5-6H,2-4,7-14H2,1H3,(H2-,19,20,21,22,23,24)/b6-5+. The van der Waals surface area contributed by atoms with Crippen LogP contribution in [0.1, 0.15) is 51.9 Å². The average molecular weight is 343 g/mol. The van der Waals surface area contributed by atoms with Crippen LogP contribution in [0.15, 0.2) is 12.2 Å². The van der Waals surface area contributed by atoms with Gasteiger partial charge in [0.15, 0.2) is 0 Å². The molecule has 7 heteroatoms. The van der Waals surface area contributed by atoms with E-state index in [2.05, 4.69) is 13.0 Å². The van der Waals surface area contributed by atoms with Crippen LogP contribution in [0.4, 0.5) is 0 Å². The van der Waals surface area contributed by atoms with E-state index in [0.717, 1.165) is 19.3 Å². The van der Waals surface area contributed by atoms with Crippen LogP contribution in [0, 0.1) is 0 Å². The number of carboxylic acid groups (broad SMARTS) is 3. The van der Waals surface area contributed by atoms with E-state index >= 15 is 0 Å². The van der Waals surface area contributed by atoms with Crippen molar-refractivity contribution in [2.75, 3.05) is 26.2 Å². The predicted molar refractivity (Wildman–Crippen MR) is 87.1 cm³/mol. The van der Waals surface area contributed by atoms with Gasteiger partial charge in [-0.15, -0.1) is 0 Å². The Bertz CT molecular complexity index is 387. The van der Waals surface area contributed by atoms with E-state index in [4.69, 9.17) is 10.2 Å². The molecule has 0 amide bonds. The highest BCUT2D eigenvalue weighted by atomic mass is 16.4. The largest absolute Gasteiger partial charge is 0.550 e. The monoisotopic (exact) mass is 343 g/mol. The second-order valence-electron chi connectivity index (χ2n) is 6.05. The maximum absolute atomic E-state index is 10.9. The molecule has 0 unspecified atom stereocenters. The molecule has 138 valence electrons. The summed E-state index contributed by atoms with van der Waals surface area (Å²) in [4.78, 5) is 32.6. The van der Waals surface area contributed by atoms with Gasteiger partial charge < -0.3 is 24.6 Å². The molecule has 24 heavy (non-hydrogen) atoms. The Hall–Kier alpha value is -1.89. The summed E-state index contributed by atoms with van der Waals surface area (Å²) in [6.07, 6.45) is 7.45. The Morgan fingerprint density at radius 2 is 1.38 bits per heavy atom. The van der Waals surface area contributed by atoms with Gasteiger partial charge in [-0.25, -0.2) is 0 Å². The number of carboxylic acids is 3. The molecule has 0 aromatic heterocycles. The number of allylic oxidation sites excluding steroid dienone is 1. The Morgan fingerprint density at radius 3 is 1.83 bits per heavy atom. The van der Waals surface area contributed by atoms with Gasteiger partial charge >= 0.3 is 11.9 Å². The maximum Gasteiger partial charge on any atom is 0.309 e. The lowest BCUT2D eigenvalue weighted by molar-refractivity contribution is -0.926. The summed E-state index contributed by atoms with van der Waals surface area (Å²) >= 11 is 0. The third kappa shape index (κ3) is 11.6. The molecule has 2 N–H and O–H groups in total. The van der Waals surface area contributed by atoms with E-state index in [0.29, 0.717) is 13.0 Å². The van der Waals surface area contributed by atoms with Crippen molar-refractivity contribution < 1.29 is 34.2 Å². The van der Waals surface area contributed by atoms with Crippen LogP contribution < -0.4 is 5.11 Å². The zero-order valence-corrected chi connectivity index (χ0v) is 14.4. The van der Waals surface area contributed by atoms with Crippen molar-refractivity contribution in [3.05, 3.63) is 12.2 Å². The molecule has 0 radical (unpaired) electrons. The Kier molecular flexibility index (Phi) is 11.5. The van der Waals surface area contributed by atoms with Gasteiger partial charge in [-0.05, 0) is 6.42 Å². The average Bonchev–Trinajstić information content (AvgIpc) is 2.51. The molecule has 0 atom stereocenters. The van der Waals surface area contributed by atoms with Gasteiger partial charge in [0.25, 0.3) is 0 Å². The quantitative estimate of drug-likeness (QED) is 0.261. The minimum Gasteiger partial charge on any atom is -0.550 e. The Morgan fingerprint density at radius 1 is 0.875 bits per heavy atom. The number of hydrogen-bond acceptors (Lipinski definition) is 4. The SMILES string of the molecule is CCCC/C=C/CC[N+](CCC(=O)[O-])(CCC(=O)O)CCC(=O)O.